The number of hydrogen-bond acceptors (Lipinski definition) is 4. The summed E-state index contributed by atoms with van der Waals surface area (Å²) in [6, 6.07) is 12.3. The first-order valence-electron chi connectivity index (χ1n) is 6.36. The fourth-order valence-corrected chi connectivity index (χ4v) is 1.74. The molecule has 4 nitrogen and oxygen atoms in total. The van der Waals surface area contributed by atoms with E-state index >= 15 is 0 Å². The number of carbonyl (C=O) groups is 1. The van der Waals surface area contributed by atoms with Gasteiger partial charge in [0.25, 0.3) is 0 Å². The van der Waals surface area contributed by atoms with Crippen molar-refractivity contribution >= 4 is 12.0 Å². The number of methoxy groups -OCH3 is 1. The number of benzene rings is 2. The smallest absolute Gasteiger partial charge is 0.336 e. The van der Waals surface area contributed by atoms with Crippen LogP contribution >= 0.6 is 0 Å². The van der Waals surface area contributed by atoms with Gasteiger partial charge in [-0.1, -0.05) is 12.1 Å². The molecular formula is C17H12FNO3. The van der Waals surface area contributed by atoms with E-state index in [1.807, 2.05) is 6.07 Å². The topological polar surface area (TPSA) is 59.3 Å². The molecule has 2 rings (SSSR count). The highest BCUT2D eigenvalue weighted by Gasteiger charge is 2.09. The lowest BCUT2D eigenvalue weighted by Gasteiger charge is -2.07. The van der Waals surface area contributed by atoms with E-state index in [9.17, 15) is 9.18 Å². The first kappa shape index (κ1) is 15.3. The molecule has 0 aliphatic heterocycles. The van der Waals surface area contributed by atoms with Gasteiger partial charge in [-0.25, -0.2) is 9.18 Å². The van der Waals surface area contributed by atoms with Crippen LogP contribution in [0.25, 0.3) is 6.08 Å². The van der Waals surface area contributed by atoms with Crippen LogP contribution in [-0.2, 0) is 4.79 Å². The van der Waals surface area contributed by atoms with Crippen LogP contribution in [0.1, 0.15) is 11.1 Å². The third kappa shape index (κ3) is 3.93. The number of esters is 1. The monoisotopic (exact) mass is 297 g/mol. The van der Waals surface area contributed by atoms with Gasteiger partial charge in [0.15, 0.2) is 11.5 Å². The lowest BCUT2D eigenvalue weighted by molar-refractivity contribution is -0.129. The molecule has 0 spiro atoms. The van der Waals surface area contributed by atoms with E-state index in [1.54, 1.807) is 12.1 Å². The number of nitriles is 1. The first-order valence-corrected chi connectivity index (χ1v) is 6.36. The van der Waals surface area contributed by atoms with Gasteiger partial charge in [0, 0.05) is 12.1 Å². The summed E-state index contributed by atoms with van der Waals surface area (Å²) in [5.74, 6) is -0.529. The Hall–Kier alpha value is -3.13. The van der Waals surface area contributed by atoms with Gasteiger partial charge >= 0.3 is 5.97 Å². The molecule has 2 aromatic carbocycles. The van der Waals surface area contributed by atoms with Gasteiger partial charge in [-0.2, -0.15) is 5.26 Å². The van der Waals surface area contributed by atoms with Crippen LogP contribution in [0.4, 0.5) is 4.39 Å². The van der Waals surface area contributed by atoms with Gasteiger partial charge in [-0.15, -0.1) is 0 Å². The number of ether oxygens (including phenoxy) is 2. The Balaban J connectivity index is 2.11. The molecule has 0 fully saturated rings. The average molecular weight is 297 g/mol. The van der Waals surface area contributed by atoms with Crippen LogP contribution in [0.2, 0.25) is 0 Å². The molecule has 0 atom stereocenters. The van der Waals surface area contributed by atoms with Gasteiger partial charge in [0.1, 0.15) is 5.82 Å². The zero-order valence-electron chi connectivity index (χ0n) is 11.7. The Labute approximate surface area is 127 Å². The molecule has 0 saturated heterocycles. The molecule has 0 heterocycles. The maximum atomic E-state index is 13.0. The van der Waals surface area contributed by atoms with Crippen molar-refractivity contribution in [1.29, 1.82) is 5.26 Å². The summed E-state index contributed by atoms with van der Waals surface area (Å²) < 4.78 is 23.2. The van der Waals surface area contributed by atoms with Crippen molar-refractivity contribution in [3.05, 3.63) is 65.5 Å². The van der Waals surface area contributed by atoms with E-state index in [0.29, 0.717) is 11.1 Å². The minimum Gasteiger partial charge on any atom is -0.493 e. The van der Waals surface area contributed by atoms with E-state index in [0.717, 1.165) is 0 Å². The molecule has 110 valence electrons. The van der Waals surface area contributed by atoms with Crippen molar-refractivity contribution in [2.75, 3.05) is 7.11 Å². The quantitative estimate of drug-likeness (QED) is 0.493. The summed E-state index contributed by atoms with van der Waals surface area (Å²) in [5, 5.41) is 8.81. The Morgan fingerprint density at radius 3 is 2.73 bits per heavy atom. The maximum Gasteiger partial charge on any atom is 0.336 e. The summed E-state index contributed by atoms with van der Waals surface area (Å²) >= 11 is 0. The Kier molecular flexibility index (Phi) is 4.89. The van der Waals surface area contributed by atoms with Crippen molar-refractivity contribution in [3.8, 4) is 17.6 Å². The molecule has 5 heteroatoms. The van der Waals surface area contributed by atoms with Gasteiger partial charge in [-0.05, 0) is 35.9 Å². The predicted octanol–water partition coefficient (Wildman–Crippen LogP) is 3.32. The zero-order chi connectivity index (χ0) is 15.9. The second-order valence-corrected chi connectivity index (χ2v) is 4.29. The molecule has 22 heavy (non-hydrogen) atoms. The predicted molar refractivity (Wildman–Crippen MR) is 78.8 cm³/mol. The average Bonchev–Trinajstić information content (AvgIpc) is 2.53. The van der Waals surface area contributed by atoms with Gasteiger partial charge < -0.3 is 9.47 Å². The van der Waals surface area contributed by atoms with Crippen LogP contribution in [0.15, 0.2) is 48.5 Å². The first-order chi connectivity index (χ1) is 10.6. The summed E-state index contributed by atoms with van der Waals surface area (Å²) in [5.41, 5.74) is 0.940. The van der Waals surface area contributed by atoms with Crippen molar-refractivity contribution in [2.24, 2.45) is 0 Å². The normalized spacial score (nSPS) is 10.2. The highest BCUT2D eigenvalue weighted by molar-refractivity contribution is 5.89. The molecule has 0 amide bonds. The van der Waals surface area contributed by atoms with Gasteiger partial charge in [-0.3, -0.25) is 0 Å². The van der Waals surface area contributed by atoms with Crippen LogP contribution in [-0.4, -0.2) is 13.1 Å². The molecule has 0 radical (unpaired) electrons. The lowest BCUT2D eigenvalue weighted by Crippen LogP contribution is -2.05. The summed E-state index contributed by atoms with van der Waals surface area (Å²) in [7, 11) is 1.41. The standard InChI is InChI=1S/C17H12FNO3/c1-21-16-10-13(11-19)5-7-15(16)22-17(20)8-6-12-3-2-4-14(18)9-12/h2-10H,1H3. The highest BCUT2D eigenvalue weighted by Crippen LogP contribution is 2.28. The Morgan fingerprint density at radius 2 is 2.05 bits per heavy atom. The van der Waals surface area contributed by atoms with E-state index in [4.69, 9.17) is 14.7 Å². The molecule has 0 unspecified atom stereocenters. The molecule has 0 saturated carbocycles. The summed E-state index contributed by atoms with van der Waals surface area (Å²) in [4.78, 5) is 11.8. The second-order valence-electron chi connectivity index (χ2n) is 4.29. The van der Waals surface area contributed by atoms with Gasteiger partial charge in [0.2, 0.25) is 0 Å². The van der Waals surface area contributed by atoms with E-state index in [1.165, 1.54) is 49.6 Å². The zero-order valence-corrected chi connectivity index (χ0v) is 11.7. The maximum absolute atomic E-state index is 13.0. The molecule has 0 aromatic heterocycles. The van der Waals surface area contributed by atoms with Crippen molar-refractivity contribution in [3.63, 3.8) is 0 Å². The van der Waals surface area contributed by atoms with Crippen molar-refractivity contribution < 1.29 is 18.7 Å². The number of hydrogen-bond donors (Lipinski definition) is 0. The third-order valence-corrected chi connectivity index (χ3v) is 2.76. The summed E-state index contributed by atoms with van der Waals surface area (Å²) in [6.45, 7) is 0. The van der Waals surface area contributed by atoms with E-state index in [-0.39, 0.29) is 17.3 Å². The molecule has 0 aliphatic rings. The highest BCUT2D eigenvalue weighted by atomic mass is 19.1. The minimum atomic E-state index is -0.632. The number of nitrogens with zero attached hydrogens (tertiary/aromatic N) is 1. The van der Waals surface area contributed by atoms with Crippen LogP contribution in [0, 0.1) is 17.1 Å². The largest absolute Gasteiger partial charge is 0.493 e. The van der Waals surface area contributed by atoms with Crippen molar-refractivity contribution in [1.82, 2.24) is 0 Å². The Bertz CT molecular complexity index is 763. The Morgan fingerprint density at radius 1 is 1.23 bits per heavy atom. The lowest BCUT2D eigenvalue weighted by atomic mass is 10.2. The number of carbonyl (C=O) groups excluding carboxylic acids is 1. The number of rotatable bonds is 4. The minimum absolute atomic E-state index is 0.204. The molecule has 2 aromatic rings. The fraction of sp³-hybridized carbons (Fsp3) is 0.0588. The van der Waals surface area contributed by atoms with Crippen LogP contribution < -0.4 is 9.47 Å². The summed E-state index contributed by atoms with van der Waals surface area (Å²) in [6.07, 6.45) is 2.63. The number of halogens is 1. The van der Waals surface area contributed by atoms with Crippen molar-refractivity contribution in [2.45, 2.75) is 0 Å². The third-order valence-electron chi connectivity index (χ3n) is 2.76. The molecular weight excluding hydrogens is 285 g/mol. The SMILES string of the molecule is COc1cc(C#N)ccc1OC(=O)C=Cc1cccc(F)c1. The van der Waals surface area contributed by atoms with Gasteiger partial charge in [0.05, 0.1) is 18.7 Å². The fourth-order valence-electron chi connectivity index (χ4n) is 1.74. The second kappa shape index (κ2) is 7.04. The van der Waals surface area contributed by atoms with Crippen LogP contribution in [0.5, 0.6) is 11.5 Å². The van der Waals surface area contributed by atoms with Crippen LogP contribution in [0.3, 0.4) is 0 Å². The molecule has 0 aliphatic carbocycles. The van der Waals surface area contributed by atoms with E-state index < -0.39 is 5.97 Å². The molecule has 0 N–H and O–H groups in total. The molecule has 0 bridgehead atoms. The van der Waals surface area contributed by atoms with E-state index in [2.05, 4.69) is 0 Å².